The Balaban J connectivity index is 2.00. The number of rotatable bonds is 7. The number of sulfonamides is 1. The normalized spacial score (nSPS) is 18.7. The highest BCUT2D eigenvalue weighted by Gasteiger charge is 2.20. The summed E-state index contributed by atoms with van der Waals surface area (Å²) in [7, 11) is -1.88. The molecule has 6 nitrogen and oxygen atoms in total. The van der Waals surface area contributed by atoms with Gasteiger partial charge in [-0.25, -0.2) is 13.1 Å². The van der Waals surface area contributed by atoms with Crippen molar-refractivity contribution in [1.29, 1.82) is 0 Å². The Morgan fingerprint density at radius 3 is 2.88 bits per heavy atom. The maximum absolute atomic E-state index is 11.8. The zero-order valence-electron chi connectivity index (χ0n) is 14.6. The lowest BCUT2D eigenvalue weighted by Crippen LogP contribution is -2.20. The molecule has 1 unspecified atom stereocenters. The van der Waals surface area contributed by atoms with E-state index in [1.165, 1.54) is 7.05 Å². The Hall–Kier alpha value is -1.41. The monoisotopic (exact) mass is 366 g/mol. The van der Waals surface area contributed by atoms with Crippen molar-refractivity contribution < 1.29 is 18.3 Å². The average Bonchev–Trinajstić information content (AvgIpc) is 2.98. The molecular formula is C18H26N2O4S. The molecule has 7 heteroatoms. The minimum Gasteiger partial charge on any atom is -0.396 e. The van der Waals surface area contributed by atoms with E-state index < -0.39 is 10.0 Å². The molecule has 1 aliphatic rings. The number of ether oxygens (including phenoxy) is 1. The number of aromatic nitrogens is 1. The third kappa shape index (κ3) is 4.23. The molecule has 0 amide bonds. The molecule has 0 spiro atoms. The fraction of sp³-hybridized carbons (Fsp3) is 0.556. The molecule has 1 atom stereocenters. The van der Waals surface area contributed by atoms with E-state index in [4.69, 9.17) is 4.74 Å². The number of fused-ring (bicyclic) bond motifs is 1. The summed E-state index contributed by atoms with van der Waals surface area (Å²) >= 11 is 0. The third-order valence-electron chi connectivity index (χ3n) is 4.72. The topological polar surface area (TPSA) is 80.6 Å². The fourth-order valence-electron chi connectivity index (χ4n) is 3.40. The summed E-state index contributed by atoms with van der Waals surface area (Å²) in [6.45, 7) is 0.912. The van der Waals surface area contributed by atoms with Crippen LogP contribution in [0.3, 0.4) is 0 Å². The first kappa shape index (κ1) is 18.4. The van der Waals surface area contributed by atoms with Crippen molar-refractivity contribution in [2.75, 3.05) is 20.3 Å². The minimum atomic E-state index is -3.31. The van der Waals surface area contributed by atoms with E-state index in [2.05, 4.69) is 15.5 Å². The van der Waals surface area contributed by atoms with E-state index >= 15 is 0 Å². The number of aliphatic hydroxyl groups is 1. The number of hydrogen-bond acceptors (Lipinski definition) is 4. The summed E-state index contributed by atoms with van der Waals surface area (Å²) in [4.78, 5) is 0. The maximum atomic E-state index is 11.8. The van der Waals surface area contributed by atoms with Gasteiger partial charge in [-0.3, -0.25) is 0 Å². The lowest BCUT2D eigenvalue weighted by molar-refractivity contribution is -0.0292. The zero-order chi connectivity index (χ0) is 17.9. The summed E-state index contributed by atoms with van der Waals surface area (Å²) in [6, 6.07) is 5.80. The maximum Gasteiger partial charge on any atom is 0.215 e. The molecule has 0 radical (unpaired) electrons. The van der Waals surface area contributed by atoms with Crippen molar-refractivity contribution in [3.63, 3.8) is 0 Å². The highest BCUT2D eigenvalue weighted by atomic mass is 32.2. The second-order valence-electron chi connectivity index (χ2n) is 6.52. The van der Waals surface area contributed by atoms with Gasteiger partial charge in [-0.2, -0.15) is 0 Å². The largest absolute Gasteiger partial charge is 0.396 e. The van der Waals surface area contributed by atoms with Gasteiger partial charge in [-0.05, 0) is 62.4 Å². The lowest BCUT2D eigenvalue weighted by atomic mass is 10.1. The van der Waals surface area contributed by atoms with Crippen LogP contribution >= 0.6 is 0 Å². The summed E-state index contributed by atoms with van der Waals surface area (Å²) in [6.07, 6.45) is 6.81. The zero-order valence-corrected chi connectivity index (χ0v) is 15.4. The Morgan fingerprint density at radius 2 is 2.20 bits per heavy atom. The minimum absolute atomic E-state index is 0.0333. The van der Waals surface area contributed by atoms with Crippen LogP contribution in [0.4, 0.5) is 0 Å². The van der Waals surface area contributed by atoms with Crippen LogP contribution in [0, 0.1) is 0 Å². The van der Waals surface area contributed by atoms with E-state index in [0.717, 1.165) is 54.3 Å². The van der Waals surface area contributed by atoms with Crippen LogP contribution in [-0.2, 0) is 26.9 Å². The molecule has 0 aliphatic carbocycles. The first-order chi connectivity index (χ1) is 12.0. The third-order valence-corrected chi connectivity index (χ3v) is 6.05. The molecule has 2 heterocycles. The molecule has 2 aromatic rings. The molecule has 0 saturated carbocycles. The Labute approximate surface area is 148 Å². The molecule has 25 heavy (non-hydrogen) atoms. The van der Waals surface area contributed by atoms with Gasteiger partial charge in [0.15, 0.2) is 0 Å². The predicted molar refractivity (Wildman–Crippen MR) is 97.9 cm³/mol. The number of hydrogen-bond donors (Lipinski definition) is 2. The Kier molecular flexibility index (Phi) is 5.78. The van der Waals surface area contributed by atoms with E-state index in [9.17, 15) is 13.5 Å². The van der Waals surface area contributed by atoms with Gasteiger partial charge >= 0.3 is 0 Å². The molecule has 1 aliphatic heterocycles. The van der Waals surface area contributed by atoms with Crippen molar-refractivity contribution in [1.82, 2.24) is 9.29 Å². The average molecular weight is 366 g/mol. The first-order valence-electron chi connectivity index (χ1n) is 8.80. The summed E-state index contributed by atoms with van der Waals surface area (Å²) in [5.41, 5.74) is 2.95. The number of benzene rings is 1. The van der Waals surface area contributed by atoms with Gasteiger partial charge < -0.3 is 14.4 Å². The van der Waals surface area contributed by atoms with Gasteiger partial charge in [0.1, 0.15) is 6.23 Å². The summed E-state index contributed by atoms with van der Waals surface area (Å²) < 4.78 is 34.1. The molecule has 138 valence electrons. The molecule has 1 aromatic carbocycles. The second-order valence-corrected chi connectivity index (χ2v) is 8.45. The van der Waals surface area contributed by atoms with Crippen LogP contribution < -0.4 is 4.72 Å². The van der Waals surface area contributed by atoms with E-state index in [-0.39, 0.29) is 18.6 Å². The molecule has 1 aromatic heterocycles. The van der Waals surface area contributed by atoms with Crippen molar-refractivity contribution in [3.8, 4) is 0 Å². The van der Waals surface area contributed by atoms with Crippen LogP contribution in [0.25, 0.3) is 10.9 Å². The van der Waals surface area contributed by atoms with E-state index in [1.54, 1.807) is 0 Å². The van der Waals surface area contributed by atoms with Gasteiger partial charge in [-0.15, -0.1) is 0 Å². The Bertz CT molecular complexity index is 823. The van der Waals surface area contributed by atoms with Crippen LogP contribution in [-0.4, -0.2) is 38.4 Å². The van der Waals surface area contributed by atoms with Crippen LogP contribution in [0.15, 0.2) is 24.4 Å². The summed E-state index contributed by atoms with van der Waals surface area (Å²) in [5, 5.41) is 10.2. The summed E-state index contributed by atoms with van der Waals surface area (Å²) in [5.74, 6) is -0.0377. The van der Waals surface area contributed by atoms with Crippen LogP contribution in [0.2, 0.25) is 0 Å². The quantitative estimate of drug-likeness (QED) is 0.788. The molecule has 2 N–H and O–H groups in total. The fourth-order valence-corrected chi connectivity index (χ4v) is 4.17. The molecule has 1 fully saturated rings. The van der Waals surface area contributed by atoms with Gasteiger partial charge in [-0.1, -0.05) is 6.07 Å². The van der Waals surface area contributed by atoms with Crippen molar-refractivity contribution in [2.24, 2.45) is 0 Å². The number of nitrogens with zero attached hydrogens (tertiary/aromatic N) is 1. The van der Waals surface area contributed by atoms with E-state index in [0.29, 0.717) is 6.42 Å². The molecule has 3 rings (SSSR count). The molecule has 1 saturated heterocycles. The SMILES string of the molecule is CNS(=O)(=O)Cc1ccc2c(c1)c(CCCO)cn2C1CCCCO1. The van der Waals surface area contributed by atoms with Gasteiger partial charge in [0.05, 0.1) is 11.3 Å². The van der Waals surface area contributed by atoms with E-state index in [1.807, 2.05) is 18.2 Å². The number of aryl methyl sites for hydroxylation is 1. The van der Waals surface area contributed by atoms with Crippen LogP contribution in [0.1, 0.15) is 43.0 Å². The molecule has 0 bridgehead atoms. The van der Waals surface area contributed by atoms with Crippen molar-refractivity contribution in [2.45, 2.75) is 44.1 Å². The number of aliphatic hydroxyl groups excluding tert-OH is 1. The standard InChI is InChI=1S/C18H26N2O4S/c1-19-25(22,23)13-14-7-8-17-16(11-14)15(5-4-9-21)12-20(17)18-6-2-3-10-24-18/h7-8,11-12,18-19,21H,2-6,9-10,13H2,1H3. The predicted octanol–water partition coefficient (Wildman–Crippen LogP) is 2.31. The van der Waals surface area contributed by atoms with Gasteiger partial charge in [0.2, 0.25) is 10.0 Å². The Morgan fingerprint density at radius 1 is 1.36 bits per heavy atom. The lowest BCUT2D eigenvalue weighted by Gasteiger charge is -2.24. The second kappa shape index (κ2) is 7.86. The highest BCUT2D eigenvalue weighted by molar-refractivity contribution is 7.88. The van der Waals surface area contributed by atoms with Crippen molar-refractivity contribution in [3.05, 3.63) is 35.5 Å². The first-order valence-corrected chi connectivity index (χ1v) is 10.5. The molecular weight excluding hydrogens is 340 g/mol. The van der Waals surface area contributed by atoms with Gasteiger partial charge in [0, 0.05) is 24.8 Å². The van der Waals surface area contributed by atoms with Crippen molar-refractivity contribution >= 4 is 20.9 Å². The van der Waals surface area contributed by atoms with Crippen LogP contribution in [0.5, 0.6) is 0 Å². The van der Waals surface area contributed by atoms with Gasteiger partial charge in [0.25, 0.3) is 0 Å². The highest BCUT2D eigenvalue weighted by Crippen LogP contribution is 2.31. The number of nitrogens with one attached hydrogen (secondary N) is 1. The smallest absolute Gasteiger partial charge is 0.215 e.